The molecule has 0 atom stereocenters. The highest BCUT2D eigenvalue weighted by molar-refractivity contribution is 5.94. The summed E-state index contributed by atoms with van der Waals surface area (Å²) in [5, 5.41) is 2.80. The van der Waals surface area contributed by atoms with Crippen molar-refractivity contribution < 1.29 is 13.9 Å². The van der Waals surface area contributed by atoms with Gasteiger partial charge in [0.25, 0.3) is 5.91 Å². The molecule has 0 fully saturated rings. The van der Waals surface area contributed by atoms with Crippen molar-refractivity contribution >= 4 is 16.9 Å². The molecular formula is C28H30FN3O2. The van der Waals surface area contributed by atoms with Crippen LogP contribution in [0.2, 0.25) is 0 Å². The Hall–Kier alpha value is -3.67. The maximum absolute atomic E-state index is 13.9. The van der Waals surface area contributed by atoms with Gasteiger partial charge in [0, 0.05) is 6.54 Å². The van der Waals surface area contributed by atoms with E-state index >= 15 is 0 Å². The van der Waals surface area contributed by atoms with Crippen molar-refractivity contribution in [2.24, 2.45) is 0 Å². The lowest BCUT2D eigenvalue weighted by atomic mass is 9.87. The van der Waals surface area contributed by atoms with E-state index in [4.69, 9.17) is 4.74 Å². The number of aromatic nitrogens is 2. The van der Waals surface area contributed by atoms with Crippen molar-refractivity contribution in [1.29, 1.82) is 0 Å². The minimum atomic E-state index is -0.541. The number of halogens is 1. The predicted octanol–water partition coefficient (Wildman–Crippen LogP) is 5.87. The summed E-state index contributed by atoms with van der Waals surface area (Å²) in [6.45, 7) is 8.02. The van der Waals surface area contributed by atoms with Gasteiger partial charge in [0.1, 0.15) is 17.4 Å². The van der Waals surface area contributed by atoms with Gasteiger partial charge >= 0.3 is 0 Å². The van der Waals surface area contributed by atoms with Gasteiger partial charge < -0.3 is 14.6 Å². The molecule has 0 spiro atoms. The van der Waals surface area contributed by atoms with Gasteiger partial charge in [-0.15, -0.1) is 0 Å². The smallest absolute Gasteiger partial charge is 0.254 e. The van der Waals surface area contributed by atoms with E-state index in [1.54, 1.807) is 12.1 Å². The second-order valence-electron chi connectivity index (χ2n) is 9.31. The van der Waals surface area contributed by atoms with Crippen LogP contribution >= 0.6 is 0 Å². The van der Waals surface area contributed by atoms with Crippen molar-refractivity contribution in [3.8, 4) is 5.75 Å². The van der Waals surface area contributed by atoms with Crippen molar-refractivity contribution in [3.63, 3.8) is 0 Å². The van der Waals surface area contributed by atoms with E-state index in [1.165, 1.54) is 17.7 Å². The van der Waals surface area contributed by atoms with Crippen LogP contribution in [-0.2, 0) is 18.5 Å². The van der Waals surface area contributed by atoms with Crippen LogP contribution in [0.5, 0.6) is 5.75 Å². The molecule has 34 heavy (non-hydrogen) atoms. The third-order valence-corrected chi connectivity index (χ3v) is 5.77. The molecule has 1 N–H and O–H groups in total. The summed E-state index contributed by atoms with van der Waals surface area (Å²) in [5.74, 6) is 0.571. The predicted molar refractivity (Wildman–Crippen MR) is 133 cm³/mol. The van der Waals surface area contributed by atoms with Crippen LogP contribution < -0.4 is 10.1 Å². The van der Waals surface area contributed by atoms with Crippen LogP contribution in [0.1, 0.15) is 48.9 Å². The Morgan fingerprint density at radius 2 is 1.71 bits per heavy atom. The number of carbonyl (C=O) groups is 1. The number of ether oxygens (including phenoxy) is 1. The standard InChI is InChI=1S/C28H30FN3O2/c1-28(2,3)20-13-15-21(16-14-20)34-18-8-17-32-25-12-7-6-11-24(25)31-26(32)19-30-27(33)22-9-4-5-10-23(22)29/h4-7,9-16H,8,17-19H2,1-3H3,(H,30,33). The first-order valence-electron chi connectivity index (χ1n) is 11.5. The highest BCUT2D eigenvalue weighted by Crippen LogP contribution is 2.24. The molecule has 0 aliphatic carbocycles. The fraction of sp³-hybridized carbons (Fsp3) is 0.286. The summed E-state index contributed by atoms with van der Waals surface area (Å²) in [6, 6.07) is 22.0. The van der Waals surface area contributed by atoms with E-state index in [1.807, 2.05) is 36.4 Å². The number of carbonyl (C=O) groups excluding carboxylic acids is 1. The van der Waals surface area contributed by atoms with Crippen LogP contribution in [0.4, 0.5) is 4.39 Å². The van der Waals surface area contributed by atoms with Crippen LogP contribution in [0, 0.1) is 5.82 Å². The molecule has 0 saturated heterocycles. The number of imidazole rings is 1. The van der Waals surface area contributed by atoms with Gasteiger partial charge in [-0.25, -0.2) is 9.37 Å². The van der Waals surface area contributed by atoms with Crippen LogP contribution in [-0.4, -0.2) is 22.1 Å². The van der Waals surface area contributed by atoms with Gasteiger partial charge in [0.15, 0.2) is 0 Å². The molecule has 1 heterocycles. The Kier molecular flexibility index (Phi) is 6.96. The molecule has 0 aliphatic heterocycles. The third-order valence-electron chi connectivity index (χ3n) is 5.77. The molecule has 3 aromatic carbocycles. The molecule has 0 radical (unpaired) electrons. The lowest BCUT2D eigenvalue weighted by Gasteiger charge is -2.19. The van der Waals surface area contributed by atoms with Crippen molar-refractivity contribution in [1.82, 2.24) is 14.9 Å². The molecular weight excluding hydrogens is 429 g/mol. The summed E-state index contributed by atoms with van der Waals surface area (Å²) in [7, 11) is 0. The van der Waals surface area contributed by atoms with Gasteiger partial charge in [0.2, 0.25) is 0 Å². The molecule has 1 amide bonds. The van der Waals surface area contributed by atoms with Crippen molar-refractivity contribution in [3.05, 3.63) is 95.6 Å². The highest BCUT2D eigenvalue weighted by Gasteiger charge is 2.15. The summed E-state index contributed by atoms with van der Waals surface area (Å²) < 4.78 is 22.0. The number of amides is 1. The number of fused-ring (bicyclic) bond motifs is 1. The summed E-state index contributed by atoms with van der Waals surface area (Å²) >= 11 is 0. The number of para-hydroxylation sites is 2. The number of hydrogen-bond acceptors (Lipinski definition) is 3. The average molecular weight is 460 g/mol. The molecule has 4 rings (SSSR count). The quantitative estimate of drug-likeness (QED) is 0.335. The van der Waals surface area contributed by atoms with Gasteiger partial charge in [-0.1, -0.05) is 57.2 Å². The molecule has 6 heteroatoms. The normalized spacial score (nSPS) is 11.5. The van der Waals surface area contributed by atoms with E-state index in [0.717, 1.165) is 29.0 Å². The van der Waals surface area contributed by atoms with E-state index in [2.05, 4.69) is 47.8 Å². The van der Waals surface area contributed by atoms with Crippen LogP contribution in [0.3, 0.4) is 0 Å². The van der Waals surface area contributed by atoms with Crippen LogP contribution in [0.15, 0.2) is 72.8 Å². The zero-order valence-corrected chi connectivity index (χ0v) is 19.8. The SMILES string of the molecule is CC(C)(C)c1ccc(OCCCn2c(CNC(=O)c3ccccc3F)nc3ccccc32)cc1. The molecule has 5 nitrogen and oxygen atoms in total. The monoisotopic (exact) mass is 459 g/mol. The first kappa shape index (κ1) is 23.5. The number of nitrogens with zero attached hydrogens (tertiary/aromatic N) is 2. The first-order valence-corrected chi connectivity index (χ1v) is 11.5. The summed E-state index contributed by atoms with van der Waals surface area (Å²) in [4.78, 5) is 17.1. The van der Waals surface area contributed by atoms with Gasteiger partial charge in [0.05, 0.1) is 29.7 Å². The van der Waals surface area contributed by atoms with Gasteiger partial charge in [-0.3, -0.25) is 4.79 Å². The maximum Gasteiger partial charge on any atom is 0.254 e. The lowest BCUT2D eigenvalue weighted by molar-refractivity contribution is 0.0945. The van der Waals surface area contributed by atoms with E-state index < -0.39 is 11.7 Å². The number of rotatable bonds is 8. The molecule has 0 aliphatic rings. The van der Waals surface area contributed by atoms with Crippen LogP contribution in [0.25, 0.3) is 11.0 Å². The topological polar surface area (TPSA) is 56.1 Å². The second-order valence-corrected chi connectivity index (χ2v) is 9.31. The minimum Gasteiger partial charge on any atom is -0.494 e. The Morgan fingerprint density at radius 3 is 2.44 bits per heavy atom. The molecule has 0 unspecified atom stereocenters. The zero-order chi connectivity index (χ0) is 24.1. The molecule has 0 bridgehead atoms. The average Bonchev–Trinajstić information content (AvgIpc) is 3.18. The zero-order valence-electron chi connectivity index (χ0n) is 19.8. The Bertz CT molecular complexity index is 1270. The second kappa shape index (κ2) is 10.1. The Labute approximate surface area is 199 Å². The molecule has 4 aromatic rings. The molecule has 176 valence electrons. The Morgan fingerprint density at radius 1 is 1.00 bits per heavy atom. The van der Waals surface area contributed by atoms with E-state index in [0.29, 0.717) is 13.2 Å². The maximum atomic E-state index is 13.9. The van der Waals surface area contributed by atoms with Crippen molar-refractivity contribution in [2.45, 2.75) is 45.7 Å². The Balaban J connectivity index is 1.40. The summed E-state index contributed by atoms with van der Waals surface area (Å²) in [5.41, 5.74) is 3.25. The van der Waals surface area contributed by atoms with Gasteiger partial charge in [-0.2, -0.15) is 0 Å². The molecule has 1 aromatic heterocycles. The number of nitrogens with one attached hydrogen (secondary N) is 1. The fourth-order valence-corrected chi connectivity index (χ4v) is 3.87. The van der Waals surface area contributed by atoms with E-state index in [-0.39, 0.29) is 17.5 Å². The molecule has 0 saturated carbocycles. The lowest BCUT2D eigenvalue weighted by Crippen LogP contribution is -2.25. The largest absolute Gasteiger partial charge is 0.494 e. The number of aryl methyl sites for hydroxylation is 1. The first-order chi connectivity index (χ1) is 16.3. The number of hydrogen-bond donors (Lipinski definition) is 1. The summed E-state index contributed by atoms with van der Waals surface area (Å²) in [6.07, 6.45) is 0.773. The highest BCUT2D eigenvalue weighted by atomic mass is 19.1. The fourth-order valence-electron chi connectivity index (χ4n) is 3.87. The number of benzene rings is 3. The minimum absolute atomic E-state index is 0.0241. The third kappa shape index (κ3) is 5.45. The van der Waals surface area contributed by atoms with Gasteiger partial charge in [-0.05, 0) is 53.8 Å². The van der Waals surface area contributed by atoms with E-state index in [9.17, 15) is 9.18 Å². The van der Waals surface area contributed by atoms with Crippen molar-refractivity contribution in [2.75, 3.05) is 6.61 Å².